The quantitative estimate of drug-likeness (QED) is 0.712. The lowest BCUT2D eigenvalue weighted by molar-refractivity contribution is 0.384. The van der Waals surface area contributed by atoms with Gasteiger partial charge in [0.15, 0.2) is 0 Å². The molecule has 0 aromatic heterocycles. The molecule has 0 amide bonds. The molecule has 0 spiro atoms. The lowest BCUT2D eigenvalue weighted by Crippen LogP contribution is -2.48. The molecule has 1 aliphatic rings. The smallest absolute Gasteiger partial charge is 0.243 e. The number of rotatable bonds is 4. The molecule has 0 N–H and O–H groups in total. The summed E-state index contributed by atoms with van der Waals surface area (Å²) in [6.07, 6.45) is 0.679. The number of hydrogen-bond donors (Lipinski definition) is 0. The van der Waals surface area contributed by atoms with Crippen LogP contribution >= 0.6 is 27.5 Å². The third kappa shape index (κ3) is 4.03. The monoisotopic (exact) mass is 442 g/mol. The highest BCUT2D eigenvalue weighted by Gasteiger charge is 2.30. The zero-order chi connectivity index (χ0) is 18.0. The summed E-state index contributed by atoms with van der Waals surface area (Å²) in [5, 5.41) is 0.701. The standard InChI is InChI=1S/C18H20BrClN2O2S/c1-2-14-13-15(19)3-8-18(14)25(23,24)22-11-9-21(10-12-22)17-6-4-16(20)5-7-17/h3-8,13H,2,9-12H2,1H3. The molecule has 3 rings (SSSR count). The fraction of sp³-hybridized carbons (Fsp3) is 0.333. The van der Waals surface area contributed by atoms with E-state index < -0.39 is 10.0 Å². The summed E-state index contributed by atoms with van der Waals surface area (Å²) in [6.45, 7) is 4.26. The molecule has 0 atom stereocenters. The number of halogens is 2. The second-order valence-electron chi connectivity index (χ2n) is 5.97. The highest BCUT2D eigenvalue weighted by Crippen LogP contribution is 2.26. The van der Waals surface area contributed by atoms with Crippen LogP contribution in [-0.2, 0) is 16.4 Å². The van der Waals surface area contributed by atoms with E-state index in [2.05, 4.69) is 20.8 Å². The van der Waals surface area contributed by atoms with Crippen molar-refractivity contribution in [2.24, 2.45) is 0 Å². The van der Waals surface area contributed by atoms with Crippen LogP contribution in [0.1, 0.15) is 12.5 Å². The van der Waals surface area contributed by atoms with Crippen molar-refractivity contribution < 1.29 is 8.42 Å². The average molecular weight is 444 g/mol. The first-order valence-corrected chi connectivity index (χ1v) is 10.8. The SMILES string of the molecule is CCc1cc(Br)ccc1S(=O)(=O)N1CCN(c2ccc(Cl)cc2)CC1. The van der Waals surface area contributed by atoms with Gasteiger partial charge in [0.2, 0.25) is 10.0 Å². The van der Waals surface area contributed by atoms with E-state index in [0.717, 1.165) is 15.7 Å². The van der Waals surface area contributed by atoms with E-state index in [4.69, 9.17) is 11.6 Å². The molecule has 1 fully saturated rings. The van der Waals surface area contributed by atoms with E-state index in [1.54, 1.807) is 16.4 Å². The van der Waals surface area contributed by atoms with Gasteiger partial charge in [-0.3, -0.25) is 0 Å². The zero-order valence-corrected chi connectivity index (χ0v) is 17.1. The highest BCUT2D eigenvalue weighted by atomic mass is 79.9. The summed E-state index contributed by atoms with van der Waals surface area (Å²) >= 11 is 9.35. The Kier molecular flexibility index (Phi) is 5.73. The van der Waals surface area contributed by atoms with Gasteiger partial charge in [0.1, 0.15) is 0 Å². The molecule has 1 aliphatic heterocycles. The fourth-order valence-corrected chi connectivity index (χ4v) is 5.28. The third-order valence-corrected chi connectivity index (χ3v) is 7.20. The van der Waals surface area contributed by atoms with Crippen LogP contribution in [0, 0.1) is 0 Å². The summed E-state index contributed by atoms with van der Waals surface area (Å²) in [5.41, 5.74) is 1.91. The molecule has 134 valence electrons. The Bertz CT molecular complexity index is 848. The molecule has 0 unspecified atom stereocenters. The summed E-state index contributed by atoms with van der Waals surface area (Å²) in [5.74, 6) is 0. The van der Waals surface area contributed by atoms with Crippen LogP contribution in [0.3, 0.4) is 0 Å². The third-order valence-electron chi connectivity index (χ3n) is 4.45. The van der Waals surface area contributed by atoms with Crippen LogP contribution in [0.15, 0.2) is 51.8 Å². The normalized spacial score (nSPS) is 16.2. The van der Waals surface area contributed by atoms with E-state index in [9.17, 15) is 8.42 Å². The molecule has 0 bridgehead atoms. The van der Waals surface area contributed by atoms with Crippen LogP contribution in [0.25, 0.3) is 0 Å². The topological polar surface area (TPSA) is 40.6 Å². The highest BCUT2D eigenvalue weighted by molar-refractivity contribution is 9.10. The van der Waals surface area contributed by atoms with Gasteiger partial charge >= 0.3 is 0 Å². The number of nitrogens with zero attached hydrogens (tertiary/aromatic N) is 2. The second-order valence-corrected chi connectivity index (χ2v) is 9.23. The number of benzene rings is 2. The van der Waals surface area contributed by atoms with Crippen molar-refractivity contribution in [3.05, 3.63) is 57.5 Å². The Morgan fingerprint density at radius 2 is 1.68 bits per heavy atom. The van der Waals surface area contributed by atoms with Crippen LogP contribution in [0.2, 0.25) is 5.02 Å². The van der Waals surface area contributed by atoms with E-state index in [1.807, 2.05) is 37.3 Å². The van der Waals surface area contributed by atoms with Crippen LogP contribution < -0.4 is 4.90 Å². The van der Waals surface area contributed by atoms with Gasteiger partial charge in [-0.1, -0.05) is 34.5 Å². The molecule has 7 heteroatoms. The van der Waals surface area contributed by atoms with Crippen LogP contribution in [0.4, 0.5) is 5.69 Å². The van der Waals surface area contributed by atoms with Gasteiger partial charge in [-0.25, -0.2) is 8.42 Å². The minimum absolute atomic E-state index is 0.415. The number of piperazine rings is 1. The molecule has 1 heterocycles. The van der Waals surface area contributed by atoms with E-state index >= 15 is 0 Å². The van der Waals surface area contributed by atoms with Crippen molar-refractivity contribution in [1.82, 2.24) is 4.31 Å². The van der Waals surface area contributed by atoms with Gasteiger partial charge in [-0.05, 0) is 54.4 Å². The summed E-state index contributed by atoms with van der Waals surface area (Å²) in [7, 11) is -3.47. The summed E-state index contributed by atoms with van der Waals surface area (Å²) in [6, 6.07) is 13.0. The van der Waals surface area contributed by atoms with Gasteiger partial charge in [-0.2, -0.15) is 4.31 Å². The fourth-order valence-electron chi connectivity index (χ4n) is 3.05. The molecule has 4 nitrogen and oxygen atoms in total. The Morgan fingerprint density at radius 3 is 2.28 bits per heavy atom. The summed E-state index contributed by atoms with van der Waals surface area (Å²) in [4.78, 5) is 2.60. The molecule has 0 aliphatic carbocycles. The van der Waals surface area contributed by atoms with E-state index in [-0.39, 0.29) is 0 Å². The predicted octanol–water partition coefficient (Wildman–Crippen LogP) is 4.18. The lowest BCUT2D eigenvalue weighted by Gasteiger charge is -2.35. The minimum atomic E-state index is -3.47. The molecule has 0 saturated carbocycles. The maximum atomic E-state index is 13.0. The van der Waals surface area contributed by atoms with Crippen LogP contribution in [-0.4, -0.2) is 38.9 Å². The average Bonchev–Trinajstić information content (AvgIpc) is 2.62. The van der Waals surface area contributed by atoms with Gasteiger partial charge in [0.25, 0.3) is 0 Å². The maximum Gasteiger partial charge on any atom is 0.243 e. The van der Waals surface area contributed by atoms with E-state index in [1.165, 1.54) is 0 Å². The van der Waals surface area contributed by atoms with Crippen molar-refractivity contribution in [3.63, 3.8) is 0 Å². The van der Waals surface area contributed by atoms with Crippen molar-refractivity contribution in [2.45, 2.75) is 18.2 Å². The van der Waals surface area contributed by atoms with Crippen molar-refractivity contribution >= 4 is 43.2 Å². The molecule has 2 aromatic rings. The van der Waals surface area contributed by atoms with E-state index in [0.29, 0.717) is 42.5 Å². The largest absolute Gasteiger partial charge is 0.369 e. The molecule has 2 aromatic carbocycles. The Labute approximate surface area is 162 Å². The molecule has 25 heavy (non-hydrogen) atoms. The molecule has 0 radical (unpaired) electrons. The number of hydrogen-bond acceptors (Lipinski definition) is 3. The van der Waals surface area contributed by atoms with Crippen molar-refractivity contribution in [1.29, 1.82) is 0 Å². The minimum Gasteiger partial charge on any atom is -0.369 e. The molecule has 1 saturated heterocycles. The first-order chi connectivity index (χ1) is 11.9. The number of sulfonamides is 1. The van der Waals surface area contributed by atoms with Crippen LogP contribution in [0.5, 0.6) is 0 Å². The van der Waals surface area contributed by atoms with Gasteiger partial charge < -0.3 is 4.90 Å². The number of anilines is 1. The first kappa shape index (κ1) is 18.7. The number of aryl methyl sites for hydroxylation is 1. The Hall–Kier alpha value is -1.08. The molecular weight excluding hydrogens is 424 g/mol. The van der Waals surface area contributed by atoms with Crippen molar-refractivity contribution in [2.75, 3.05) is 31.1 Å². The maximum absolute atomic E-state index is 13.0. The summed E-state index contributed by atoms with van der Waals surface area (Å²) < 4.78 is 28.6. The lowest BCUT2D eigenvalue weighted by atomic mass is 10.2. The van der Waals surface area contributed by atoms with Gasteiger partial charge in [0.05, 0.1) is 4.90 Å². The Morgan fingerprint density at radius 1 is 1.04 bits per heavy atom. The van der Waals surface area contributed by atoms with Gasteiger partial charge in [-0.15, -0.1) is 0 Å². The Balaban J connectivity index is 1.77. The zero-order valence-electron chi connectivity index (χ0n) is 14.0. The first-order valence-electron chi connectivity index (χ1n) is 8.21. The van der Waals surface area contributed by atoms with Crippen molar-refractivity contribution in [3.8, 4) is 0 Å². The predicted molar refractivity (Wildman–Crippen MR) is 106 cm³/mol. The second kappa shape index (κ2) is 7.66. The van der Waals surface area contributed by atoms with Gasteiger partial charge in [0, 0.05) is 41.4 Å². The molecular formula is C18H20BrClN2O2S.